The number of rotatable bonds is 0. The van der Waals surface area contributed by atoms with E-state index in [-0.39, 0.29) is 20.0 Å². The molecule has 0 N–H and O–H groups in total. The summed E-state index contributed by atoms with van der Waals surface area (Å²) in [6.45, 7) is 12.9. The van der Waals surface area contributed by atoms with Crippen LogP contribution in [-0.2, 0) is 20.6 Å². The molecule has 2 unspecified atom stereocenters. The SMILES string of the molecule is CC(C)(C)C1=C(C(C)(C)C)[C@@H]2S(=O)S[C@H]1S2=O. The van der Waals surface area contributed by atoms with Crippen LogP contribution in [0.25, 0.3) is 0 Å². The topological polar surface area (TPSA) is 34.1 Å². The molecule has 2 bridgehead atoms. The molecule has 0 aromatic carbocycles. The molecule has 0 radical (unpaired) electrons. The predicted molar refractivity (Wildman–Crippen MR) is 77.4 cm³/mol. The molecule has 2 rings (SSSR count). The van der Waals surface area contributed by atoms with Gasteiger partial charge < -0.3 is 0 Å². The molecule has 2 heterocycles. The first-order chi connectivity index (χ1) is 7.55. The fraction of sp³-hybridized carbons (Fsp3) is 0.833. The fourth-order valence-electron chi connectivity index (χ4n) is 2.51. The van der Waals surface area contributed by atoms with E-state index in [1.165, 1.54) is 21.9 Å². The maximum atomic E-state index is 12.3. The van der Waals surface area contributed by atoms with Gasteiger partial charge in [-0.15, -0.1) is 0 Å². The van der Waals surface area contributed by atoms with Gasteiger partial charge in [0.1, 0.15) is 19.0 Å². The van der Waals surface area contributed by atoms with Crippen LogP contribution < -0.4 is 0 Å². The lowest BCUT2D eigenvalue weighted by atomic mass is 9.76. The number of hydrogen-bond acceptors (Lipinski definition) is 3. The van der Waals surface area contributed by atoms with Gasteiger partial charge in [-0.3, -0.25) is 4.21 Å². The molecule has 4 atom stereocenters. The summed E-state index contributed by atoms with van der Waals surface area (Å²) in [4.78, 5) is 0. The molecule has 5 heteroatoms. The van der Waals surface area contributed by atoms with Gasteiger partial charge in [0.25, 0.3) is 0 Å². The van der Waals surface area contributed by atoms with Gasteiger partial charge in [-0.1, -0.05) is 41.5 Å². The van der Waals surface area contributed by atoms with E-state index in [2.05, 4.69) is 41.5 Å². The van der Waals surface area contributed by atoms with Gasteiger partial charge in [0.2, 0.25) is 0 Å². The van der Waals surface area contributed by atoms with Crippen molar-refractivity contribution in [1.82, 2.24) is 0 Å². The van der Waals surface area contributed by atoms with E-state index in [1.54, 1.807) is 0 Å². The Kier molecular flexibility index (Phi) is 3.20. The third kappa shape index (κ3) is 2.08. The largest absolute Gasteiger partial charge is 0.256 e. The lowest BCUT2D eigenvalue weighted by Gasteiger charge is -2.34. The van der Waals surface area contributed by atoms with Crippen LogP contribution in [0.3, 0.4) is 0 Å². The summed E-state index contributed by atoms with van der Waals surface area (Å²) in [5, 5.41) is 0. The monoisotopic (exact) mass is 292 g/mol. The first-order valence-electron chi connectivity index (χ1n) is 5.77. The van der Waals surface area contributed by atoms with Crippen molar-refractivity contribution in [2.24, 2.45) is 10.8 Å². The molecule has 0 aromatic heterocycles. The van der Waals surface area contributed by atoms with Crippen molar-refractivity contribution in [3.63, 3.8) is 0 Å². The van der Waals surface area contributed by atoms with E-state index >= 15 is 0 Å². The highest BCUT2D eigenvalue weighted by molar-refractivity contribution is 8.75. The Bertz CT molecular complexity index is 438. The second-order valence-electron chi connectivity index (χ2n) is 6.68. The molecule has 0 aromatic rings. The van der Waals surface area contributed by atoms with Crippen molar-refractivity contribution in [1.29, 1.82) is 0 Å². The summed E-state index contributed by atoms with van der Waals surface area (Å²) < 4.78 is 24.1. The van der Waals surface area contributed by atoms with Crippen LogP contribution >= 0.6 is 10.8 Å². The summed E-state index contributed by atoms with van der Waals surface area (Å²) in [5.41, 5.74) is 2.42. The van der Waals surface area contributed by atoms with Gasteiger partial charge in [0.15, 0.2) is 0 Å². The number of fused-ring (bicyclic) bond motifs is 2. The van der Waals surface area contributed by atoms with Crippen molar-refractivity contribution < 1.29 is 8.42 Å². The first kappa shape index (κ1) is 13.8. The van der Waals surface area contributed by atoms with Crippen molar-refractivity contribution in [3.05, 3.63) is 11.1 Å². The minimum Gasteiger partial charge on any atom is -0.256 e. The minimum atomic E-state index is -1.01. The standard InChI is InChI=1S/C12H20O2S3/c1-11(2,3)7-8(12(4,5)6)10-16(13)9(7)15-17(10)14/h9-10H,1-6H3/t9-,10-,16?,17?/m0/s1. The normalized spacial score (nSPS) is 38.0. The third-order valence-corrected chi connectivity index (χ3v) is 10.1. The van der Waals surface area contributed by atoms with E-state index in [9.17, 15) is 8.42 Å². The van der Waals surface area contributed by atoms with Crippen LogP contribution in [0.2, 0.25) is 0 Å². The highest BCUT2D eigenvalue weighted by Gasteiger charge is 2.56. The van der Waals surface area contributed by atoms with Gasteiger partial charge >= 0.3 is 0 Å². The van der Waals surface area contributed by atoms with Crippen molar-refractivity contribution in [2.75, 3.05) is 0 Å². The summed E-state index contributed by atoms with van der Waals surface area (Å²) in [7, 11) is -0.618. The lowest BCUT2D eigenvalue weighted by molar-refractivity contribution is 0.446. The van der Waals surface area contributed by atoms with E-state index in [0.29, 0.717) is 0 Å². The summed E-state index contributed by atoms with van der Waals surface area (Å²) in [6, 6.07) is 0. The molecule has 1 saturated heterocycles. The Labute approximate surface area is 112 Å². The van der Waals surface area contributed by atoms with Gasteiger partial charge in [-0.2, -0.15) is 0 Å². The molecule has 0 amide bonds. The molecular weight excluding hydrogens is 272 g/mol. The minimum absolute atomic E-state index is 0.00924. The molecule has 17 heavy (non-hydrogen) atoms. The molecule has 0 saturated carbocycles. The molecule has 0 aliphatic carbocycles. The van der Waals surface area contributed by atoms with Crippen LogP contribution in [0.15, 0.2) is 11.1 Å². The highest BCUT2D eigenvalue weighted by Crippen LogP contribution is 2.57. The molecule has 2 aliphatic rings. The van der Waals surface area contributed by atoms with Crippen LogP contribution in [0.4, 0.5) is 0 Å². The van der Waals surface area contributed by atoms with Gasteiger partial charge in [-0.05, 0) is 32.8 Å². The quantitative estimate of drug-likeness (QED) is 0.508. The Morgan fingerprint density at radius 2 is 1.41 bits per heavy atom. The van der Waals surface area contributed by atoms with Gasteiger partial charge in [0, 0.05) is 0 Å². The Hall–Kier alpha value is 0.390. The molecular formula is C12H20O2S3. The van der Waals surface area contributed by atoms with Crippen LogP contribution in [0.5, 0.6) is 0 Å². The maximum absolute atomic E-state index is 12.3. The van der Waals surface area contributed by atoms with E-state index in [4.69, 9.17) is 0 Å². The molecule has 2 nitrogen and oxygen atoms in total. The van der Waals surface area contributed by atoms with Crippen molar-refractivity contribution >= 4 is 31.4 Å². The van der Waals surface area contributed by atoms with Crippen LogP contribution in [-0.4, -0.2) is 17.6 Å². The summed E-state index contributed by atoms with van der Waals surface area (Å²) in [6.07, 6.45) is 0. The Balaban J connectivity index is 2.65. The van der Waals surface area contributed by atoms with Crippen LogP contribution in [0, 0.1) is 10.8 Å². The third-order valence-electron chi connectivity index (χ3n) is 3.16. The Morgan fingerprint density at radius 1 is 0.941 bits per heavy atom. The number of hydrogen-bond donors (Lipinski definition) is 0. The Morgan fingerprint density at radius 3 is 1.82 bits per heavy atom. The van der Waals surface area contributed by atoms with E-state index < -0.39 is 20.6 Å². The molecule has 2 aliphatic heterocycles. The maximum Gasteiger partial charge on any atom is 0.143 e. The smallest absolute Gasteiger partial charge is 0.143 e. The van der Waals surface area contributed by atoms with Gasteiger partial charge in [0.05, 0.1) is 10.8 Å². The zero-order chi connectivity index (χ0) is 13.2. The molecule has 0 spiro atoms. The summed E-state index contributed by atoms with van der Waals surface area (Å²) in [5.74, 6) is 0. The summed E-state index contributed by atoms with van der Waals surface area (Å²) >= 11 is 0. The van der Waals surface area contributed by atoms with E-state index in [1.807, 2.05) is 0 Å². The zero-order valence-electron chi connectivity index (χ0n) is 11.2. The molecule has 1 fully saturated rings. The zero-order valence-corrected chi connectivity index (χ0v) is 13.6. The fourth-order valence-corrected chi connectivity index (χ4v) is 11.4. The van der Waals surface area contributed by atoms with Crippen molar-refractivity contribution in [2.45, 2.75) is 50.7 Å². The first-order valence-corrected chi connectivity index (χ1v) is 9.66. The second kappa shape index (κ2) is 3.94. The highest BCUT2D eigenvalue weighted by atomic mass is 33.1. The predicted octanol–water partition coefficient (Wildman–Crippen LogP) is 3.20. The second-order valence-corrected chi connectivity index (χ2v) is 12.1. The average Bonchev–Trinajstić information content (AvgIpc) is 2.52. The van der Waals surface area contributed by atoms with Crippen molar-refractivity contribution in [3.8, 4) is 0 Å². The van der Waals surface area contributed by atoms with E-state index in [0.717, 1.165) is 0 Å². The average molecular weight is 292 g/mol. The van der Waals surface area contributed by atoms with Crippen LogP contribution in [0.1, 0.15) is 41.5 Å². The lowest BCUT2D eigenvalue weighted by Crippen LogP contribution is -2.27. The van der Waals surface area contributed by atoms with Gasteiger partial charge in [-0.25, -0.2) is 4.21 Å². The molecule has 98 valence electrons.